The molecule has 1 aliphatic rings. The van der Waals surface area contributed by atoms with Crippen molar-refractivity contribution in [3.05, 3.63) is 29.8 Å². The molecule has 2 N–H and O–H groups in total. The van der Waals surface area contributed by atoms with Crippen molar-refractivity contribution >= 4 is 11.6 Å². The molecule has 3 heteroatoms. The van der Waals surface area contributed by atoms with Crippen LogP contribution in [0.3, 0.4) is 0 Å². The molecule has 0 radical (unpaired) electrons. The van der Waals surface area contributed by atoms with Crippen LogP contribution in [0.2, 0.25) is 0 Å². The second-order valence-electron chi connectivity index (χ2n) is 5.68. The first-order chi connectivity index (χ1) is 8.57. The minimum atomic E-state index is 0.0294. The summed E-state index contributed by atoms with van der Waals surface area (Å²) in [4.78, 5) is 11.7. The van der Waals surface area contributed by atoms with E-state index >= 15 is 0 Å². The lowest BCUT2D eigenvalue weighted by Gasteiger charge is -2.38. The molecule has 0 atom stereocenters. The second kappa shape index (κ2) is 5.53. The highest BCUT2D eigenvalue weighted by atomic mass is 16.1. The maximum Gasteiger partial charge on any atom is 0.238 e. The van der Waals surface area contributed by atoms with E-state index in [1.54, 1.807) is 0 Å². The van der Waals surface area contributed by atoms with E-state index in [2.05, 4.69) is 17.6 Å². The fourth-order valence-electron chi connectivity index (χ4n) is 2.28. The van der Waals surface area contributed by atoms with Crippen LogP contribution in [-0.2, 0) is 4.79 Å². The standard InChI is InChI=1S/C15H22N2O/c1-12-4-6-13(7-5-12)17-14(18)10-16-11-15(2)8-3-9-15/h4-7,16H,3,8-11H2,1-2H3,(H,17,18). The van der Waals surface area contributed by atoms with Crippen LogP contribution < -0.4 is 10.6 Å². The Morgan fingerprint density at radius 2 is 1.94 bits per heavy atom. The maximum atomic E-state index is 11.7. The summed E-state index contributed by atoms with van der Waals surface area (Å²) in [6.45, 7) is 5.64. The second-order valence-corrected chi connectivity index (χ2v) is 5.68. The first-order valence-corrected chi connectivity index (χ1v) is 6.65. The normalized spacial score (nSPS) is 17.0. The van der Waals surface area contributed by atoms with Gasteiger partial charge in [0.15, 0.2) is 0 Å². The topological polar surface area (TPSA) is 41.1 Å². The monoisotopic (exact) mass is 246 g/mol. The van der Waals surface area contributed by atoms with Gasteiger partial charge in [-0.1, -0.05) is 31.0 Å². The first-order valence-electron chi connectivity index (χ1n) is 6.65. The average molecular weight is 246 g/mol. The molecule has 1 aromatic carbocycles. The minimum absolute atomic E-state index is 0.0294. The van der Waals surface area contributed by atoms with Gasteiger partial charge in [0.2, 0.25) is 5.91 Å². The molecule has 1 aromatic rings. The zero-order chi connectivity index (χ0) is 13.0. The number of benzene rings is 1. The molecular weight excluding hydrogens is 224 g/mol. The van der Waals surface area contributed by atoms with E-state index in [1.165, 1.54) is 24.8 Å². The van der Waals surface area contributed by atoms with Gasteiger partial charge in [-0.2, -0.15) is 0 Å². The number of anilines is 1. The van der Waals surface area contributed by atoms with Gasteiger partial charge < -0.3 is 10.6 Å². The van der Waals surface area contributed by atoms with Gasteiger partial charge in [-0.25, -0.2) is 0 Å². The Morgan fingerprint density at radius 3 is 2.50 bits per heavy atom. The molecule has 2 rings (SSSR count). The Bertz CT molecular complexity index is 407. The van der Waals surface area contributed by atoms with Crippen LogP contribution in [0.1, 0.15) is 31.7 Å². The number of hydrogen-bond acceptors (Lipinski definition) is 2. The Balaban J connectivity index is 1.70. The molecule has 1 saturated carbocycles. The molecule has 0 saturated heterocycles. The van der Waals surface area contributed by atoms with Crippen molar-refractivity contribution in [3.63, 3.8) is 0 Å². The smallest absolute Gasteiger partial charge is 0.238 e. The molecule has 0 spiro atoms. The van der Waals surface area contributed by atoms with Gasteiger partial charge in [-0.15, -0.1) is 0 Å². The van der Waals surface area contributed by atoms with Gasteiger partial charge in [0.1, 0.15) is 0 Å². The van der Waals surface area contributed by atoms with Crippen LogP contribution in [0.25, 0.3) is 0 Å². The van der Waals surface area contributed by atoms with Crippen LogP contribution in [0, 0.1) is 12.3 Å². The van der Waals surface area contributed by atoms with Gasteiger partial charge in [0.05, 0.1) is 6.54 Å². The van der Waals surface area contributed by atoms with Gasteiger partial charge in [0, 0.05) is 12.2 Å². The van der Waals surface area contributed by atoms with Crippen LogP contribution in [0.15, 0.2) is 24.3 Å². The summed E-state index contributed by atoms with van der Waals surface area (Å²) in [7, 11) is 0. The number of aryl methyl sites for hydroxylation is 1. The molecule has 1 fully saturated rings. The molecule has 0 bridgehead atoms. The number of nitrogens with one attached hydrogen (secondary N) is 2. The highest BCUT2D eigenvalue weighted by molar-refractivity contribution is 5.92. The molecular formula is C15H22N2O. The summed E-state index contributed by atoms with van der Waals surface area (Å²) >= 11 is 0. The first kappa shape index (κ1) is 13.1. The lowest BCUT2D eigenvalue weighted by Crippen LogP contribution is -2.40. The van der Waals surface area contributed by atoms with E-state index in [4.69, 9.17) is 0 Å². The largest absolute Gasteiger partial charge is 0.325 e. The molecule has 98 valence electrons. The molecule has 0 aromatic heterocycles. The van der Waals surface area contributed by atoms with Crippen molar-refractivity contribution in [3.8, 4) is 0 Å². The fraction of sp³-hybridized carbons (Fsp3) is 0.533. The van der Waals surface area contributed by atoms with Crippen molar-refractivity contribution in [1.82, 2.24) is 5.32 Å². The van der Waals surface area contributed by atoms with E-state index in [-0.39, 0.29) is 5.91 Å². The maximum absolute atomic E-state index is 11.7. The lowest BCUT2D eigenvalue weighted by atomic mass is 9.70. The Labute approximate surface area is 109 Å². The highest BCUT2D eigenvalue weighted by Crippen LogP contribution is 2.39. The van der Waals surface area contributed by atoms with Crippen molar-refractivity contribution in [2.75, 3.05) is 18.4 Å². The van der Waals surface area contributed by atoms with E-state index < -0.39 is 0 Å². The van der Waals surface area contributed by atoms with Gasteiger partial charge >= 0.3 is 0 Å². The molecule has 1 amide bonds. The quantitative estimate of drug-likeness (QED) is 0.838. The van der Waals surface area contributed by atoms with Crippen LogP contribution >= 0.6 is 0 Å². The highest BCUT2D eigenvalue weighted by Gasteiger charge is 2.31. The number of rotatable bonds is 5. The minimum Gasteiger partial charge on any atom is -0.325 e. The zero-order valence-corrected chi connectivity index (χ0v) is 11.3. The fourth-order valence-corrected chi connectivity index (χ4v) is 2.28. The van der Waals surface area contributed by atoms with E-state index in [1.807, 2.05) is 31.2 Å². The summed E-state index contributed by atoms with van der Waals surface area (Å²) in [6, 6.07) is 7.86. The predicted molar refractivity (Wildman–Crippen MR) is 74.6 cm³/mol. The van der Waals surface area contributed by atoms with Crippen LogP contribution in [0.5, 0.6) is 0 Å². The van der Waals surface area contributed by atoms with Gasteiger partial charge in [-0.05, 0) is 37.3 Å². The third-order valence-corrected chi connectivity index (χ3v) is 3.73. The molecule has 0 heterocycles. The third kappa shape index (κ3) is 3.57. The Morgan fingerprint density at radius 1 is 1.28 bits per heavy atom. The molecule has 1 aliphatic carbocycles. The van der Waals surface area contributed by atoms with Crippen molar-refractivity contribution in [2.45, 2.75) is 33.1 Å². The van der Waals surface area contributed by atoms with E-state index in [0.717, 1.165) is 12.2 Å². The predicted octanol–water partition coefficient (Wildman–Crippen LogP) is 2.71. The lowest BCUT2D eigenvalue weighted by molar-refractivity contribution is -0.115. The molecule has 0 unspecified atom stereocenters. The summed E-state index contributed by atoms with van der Waals surface area (Å²) in [5.74, 6) is 0.0294. The van der Waals surface area contributed by atoms with E-state index in [0.29, 0.717) is 12.0 Å². The summed E-state index contributed by atoms with van der Waals surface area (Å²) < 4.78 is 0. The third-order valence-electron chi connectivity index (χ3n) is 3.73. The van der Waals surface area contributed by atoms with Crippen molar-refractivity contribution in [2.24, 2.45) is 5.41 Å². The van der Waals surface area contributed by atoms with Gasteiger partial charge in [-0.3, -0.25) is 4.79 Å². The number of carbonyl (C=O) groups is 1. The number of hydrogen-bond donors (Lipinski definition) is 2. The van der Waals surface area contributed by atoms with E-state index in [9.17, 15) is 4.79 Å². The Kier molecular flexibility index (Phi) is 4.02. The van der Waals surface area contributed by atoms with Crippen molar-refractivity contribution < 1.29 is 4.79 Å². The summed E-state index contributed by atoms with van der Waals surface area (Å²) in [6.07, 6.45) is 3.88. The zero-order valence-electron chi connectivity index (χ0n) is 11.3. The molecule has 0 aliphatic heterocycles. The van der Waals surface area contributed by atoms with Crippen LogP contribution in [0.4, 0.5) is 5.69 Å². The molecule has 3 nitrogen and oxygen atoms in total. The number of carbonyl (C=O) groups excluding carboxylic acids is 1. The summed E-state index contributed by atoms with van der Waals surface area (Å²) in [5.41, 5.74) is 2.48. The Hall–Kier alpha value is -1.35. The van der Waals surface area contributed by atoms with Crippen molar-refractivity contribution in [1.29, 1.82) is 0 Å². The van der Waals surface area contributed by atoms with Crippen LogP contribution in [-0.4, -0.2) is 19.0 Å². The average Bonchev–Trinajstić information content (AvgIpc) is 2.30. The summed E-state index contributed by atoms with van der Waals surface area (Å²) in [5, 5.41) is 6.14. The number of amides is 1. The van der Waals surface area contributed by atoms with Gasteiger partial charge in [0.25, 0.3) is 0 Å². The SMILES string of the molecule is Cc1ccc(NC(=O)CNCC2(C)CCC2)cc1. The molecule has 18 heavy (non-hydrogen) atoms.